The van der Waals surface area contributed by atoms with E-state index in [-0.39, 0.29) is 13.2 Å². The van der Waals surface area contributed by atoms with Crippen LogP contribution in [0.25, 0.3) is 0 Å². The lowest BCUT2D eigenvalue weighted by atomic mass is 9.85. The molecule has 2 rings (SSSR count). The average Bonchev–Trinajstić information content (AvgIpc) is 2.98. The van der Waals surface area contributed by atoms with Gasteiger partial charge in [0.2, 0.25) is 5.13 Å². The maximum atomic E-state index is 11.8. The van der Waals surface area contributed by atoms with Crippen molar-refractivity contribution in [1.29, 1.82) is 0 Å². The van der Waals surface area contributed by atoms with Crippen molar-refractivity contribution in [3.8, 4) is 0 Å². The smallest absolute Gasteiger partial charge is 0.321 e. The highest BCUT2D eigenvalue weighted by molar-refractivity contribution is 7.15. The third-order valence-electron chi connectivity index (χ3n) is 3.24. The van der Waals surface area contributed by atoms with Gasteiger partial charge in [-0.2, -0.15) is 0 Å². The van der Waals surface area contributed by atoms with Crippen molar-refractivity contribution < 1.29 is 19.4 Å². The number of aryl methyl sites for hydroxylation is 1. The zero-order valence-corrected chi connectivity index (χ0v) is 12.0. The standard InChI is InChI=1S/C11H16N4O4S/c1-3-7-14-15-10(20-7)13-9(18)12-6-4-19-5-11(6,2)8(16)17/h6H,3-5H2,1-2H3,(H,16,17)(H2,12,13,15,18). The van der Waals surface area contributed by atoms with Gasteiger partial charge in [-0.3, -0.25) is 10.1 Å². The molecule has 1 aromatic heterocycles. The summed E-state index contributed by atoms with van der Waals surface area (Å²) in [4.78, 5) is 23.1. The maximum absolute atomic E-state index is 11.8. The Morgan fingerprint density at radius 1 is 1.55 bits per heavy atom. The van der Waals surface area contributed by atoms with Crippen molar-refractivity contribution in [2.45, 2.75) is 26.3 Å². The van der Waals surface area contributed by atoms with Crippen molar-refractivity contribution in [2.24, 2.45) is 5.41 Å². The SMILES string of the molecule is CCc1nnc(NC(=O)NC2COCC2(C)C(=O)O)s1. The predicted molar refractivity (Wildman–Crippen MR) is 71.8 cm³/mol. The van der Waals surface area contributed by atoms with Gasteiger partial charge in [0.15, 0.2) is 0 Å². The summed E-state index contributed by atoms with van der Waals surface area (Å²) < 4.78 is 5.16. The van der Waals surface area contributed by atoms with Gasteiger partial charge in [-0.15, -0.1) is 10.2 Å². The Morgan fingerprint density at radius 2 is 2.30 bits per heavy atom. The molecule has 0 spiro atoms. The van der Waals surface area contributed by atoms with Crippen LogP contribution in [0, 0.1) is 5.41 Å². The summed E-state index contributed by atoms with van der Waals surface area (Å²) in [5.74, 6) is -0.996. The minimum atomic E-state index is -1.12. The number of nitrogens with one attached hydrogen (secondary N) is 2. The van der Waals surface area contributed by atoms with Crippen LogP contribution < -0.4 is 10.6 Å². The minimum absolute atomic E-state index is 0.0755. The Labute approximate surface area is 119 Å². The first-order valence-electron chi connectivity index (χ1n) is 6.16. The lowest BCUT2D eigenvalue weighted by Crippen LogP contribution is -2.50. The van der Waals surface area contributed by atoms with Gasteiger partial charge in [-0.25, -0.2) is 4.79 Å². The van der Waals surface area contributed by atoms with Crippen LogP contribution in [-0.2, 0) is 16.0 Å². The molecule has 0 aliphatic carbocycles. The summed E-state index contributed by atoms with van der Waals surface area (Å²) in [6, 6.07) is -1.09. The molecule has 2 unspecified atom stereocenters. The zero-order valence-electron chi connectivity index (χ0n) is 11.2. The second kappa shape index (κ2) is 5.71. The monoisotopic (exact) mass is 300 g/mol. The van der Waals surface area contributed by atoms with E-state index in [1.165, 1.54) is 11.3 Å². The highest BCUT2D eigenvalue weighted by Gasteiger charge is 2.47. The van der Waals surface area contributed by atoms with E-state index in [2.05, 4.69) is 20.8 Å². The molecular formula is C11H16N4O4S. The second-order valence-corrected chi connectivity index (χ2v) is 5.81. The summed E-state index contributed by atoms with van der Waals surface area (Å²) in [5.41, 5.74) is -1.12. The van der Waals surface area contributed by atoms with Crippen LogP contribution >= 0.6 is 11.3 Å². The van der Waals surface area contributed by atoms with Gasteiger partial charge >= 0.3 is 12.0 Å². The molecule has 0 saturated carbocycles. The molecule has 3 N–H and O–H groups in total. The Kier molecular flexibility index (Phi) is 4.19. The lowest BCUT2D eigenvalue weighted by molar-refractivity contribution is -0.148. The topological polar surface area (TPSA) is 113 Å². The number of carboxylic acid groups (broad SMARTS) is 1. The number of aromatic nitrogens is 2. The summed E-state index contributed by atoms with van der Waals surface area (Å²) in [6.07, 6.45) is 0.745. The molecule has 2 atom stereocenters. The number of urea groups is 1. The Hall–Kier alpha value is -1.74. The Balaban J connectivity index is 1.96. The maximum Gasteiger partial charge on any atom is 0.321 e. The molecule has 1 aliphatic heterocycles. The second-order valence-electron chi connectivity index (χ2n) is 4.74. The van der Waals surface area contributed by atoms with E-state index in [4.69, 9.17) is 4.74 Å². The summed E-state index contributed by atoms with van der Waals surface area (Å²) in [5, 5.41) is 23.3. The van der Waals surface area contributed by atoms with Crippen LogP contribution in [0.2, 0.25) is 0 Å². The number of ether oxygens (including phenoxy) is 1. The molecule has 1 saturated heterocycles. The number of amides is 2. The van der Waals surface area contributed by atoms with Gasteiger partial charge < -0.3 is 15.2 Å². The van der Waals surface area contributed by atoms with E-state index in [9.17, 15) is 14.7 Å². The highest BCUT2D eigenvalue weighted by atomic mass is 32.1. The summed E-state index contributed by atoms with van der Waals surface area (Å²) >= 11 is 1.28. The fraction of sp³-hybridized carbons (Fsp3) is 0.636. The number of hydrogen-bond acceptors (Lipinski definition) is 6. The molecule has 1 fully saturated rings. The Morgan fingerprint density at radius 3 is 2.90 bits per heavy atom. The van der Waals surface area contributed by atoms with Crippen molar-refractivity contribution in [3.63, 3.8) is 0 Å². The molecule has 0 radical (unpaired) electrons. The van der Waals surface area contributed by atoms with Gasteiger partial charge in [-0.1, -0.05) is 18.3 Å². The molecule has 8 nitrogen and oxygen atoms in total. The van der Waals surface area contributed by atoms with Crippen LogP contribution in [0.5, 0.6) is 0 Å². The van der Waals surface area contributed by atoms with Crippen LogP contribution in [0.4, 0.5) is 9.93 Å². The molecule has 1 aliphatic rings. The molecular weight excluding hydrogens is 284 g/mol. The third kappa shape index (κ3) is 2.88. The highest BCUT2D eigenvalue weighted by Crippen LogP contribution is 2.28. The van der Waals surface area contributed by atoms with Gasteiger partial charge in [-0.05, 0) is 13.3 Å². The van der Waals surface area contributed by atoms with Gasteiger partial charge in [0.25, 0.3) is 0 Å². The van der Waals surface area contributed by atoms with Crippen molar-refractivity contribution in [3.05, 3.63) is 5.01 Å². The molecule has 9 heteroatoms. The summed E-state index contributed by atoms with van der Waals surface area (Å²) in [7, 11) is 0. The van der Waals surface area contributed by atoms with Crippen molar-refractivity contribution in [2.75, 3.05) is 18.5 Å². The van der Waals surface area contributed by atoms with E-state index in [1.54, 1.807) is 6.92 Å². The largest absolute Gasteiger partial charge is 0.481 e. The number of carbonyl (C=O) groups is 2. The molecule has 110 valence electrons. The van der Waals surface area contributed by atoms with Crippen LogP contribution in [-0.4, -0.2) is 46.6 Å². The number of aliphatic carboxylic acids is 1. The third-order valence-corrected chi connectivity index (χ3v) is 4.22. The molecule has 0 aromatic carbocycles. The average molecular weight is 300 g/mol. The van der Waals surface area contributed by atoms with Gasteiger partial charge in [0.1, 0.15) is 10.4 Å². The van der Waals surface area contributed by atoms with Crippen LogP contribution in [0.3, 0.4) is 0 Å². The van der Waals surface area contributed by atoms with Crippen LogP contribution in [0.15, 0.2) is 0 Å². The van der Waals surface area contributed by atoms with E-state index in [0.29, 0.717) is 5.13 Å². The van der Waals surface area contributed by atoms with E-state index < -0.39 is 23.5 Å². The van der Waals surface area contributed by atoms with E-state index in [1.807, 2.05) is 6.92 Å². The number of anilines is 1. The lowest BCUT2D eigenvalue weighted by Gasteiger charge is -2.25. The number of carbonyl (C=O) groups excluding carboxylic acids is 1. The quantitative estimate of drug-likeness (QED) is 0.754. The fourth-order valence-electron chi connectivity index (χ4n) is 1.82. The normalized spacial score (nSPS) is 25.4. The molecule has 20 heavy (non-hydrogen) atoms. The first-order valence-corrected chi connectivity index (χ1v) is 6.98. The minimum Gasteiger partial charge on any atom is -0.481 e. The predicted octanol–water partition coefficient (Wildman–Crippen LogP) is 0.712. The molecule has 1 aromatic rings. The zero-order chi connectivity index (χ0) is 14.8. The van der Waals surface area contributed by atoms with Crippen LogP contribution in [0.1, 0.15) is 18.9 Å². The first kappa shape index (κ1) is 14.7. The number of nitrogens with zero attached hydrogens (tertiary/aromatic N) is 2. The molecule has 2 heterocycles. The number of carboxylic acids is 1. The van der Waals surface area contributed by atoms with Crippen molar-refractivity contribution in [1.82, 2.24) is 15.5 Å². The van der Waals surface area contributed by atoms with E-state index >= 15 is 0 Å². The number of rotatable bonds is 4. The fourth-order valence-corrected chi connectivity index (χ4v) is 2.50. The van der Waals surface area contributed by atoms with Crippen molar-refractivity contribution >= 4 is 28.5 Å². The summed E-state index contributed by atoms with van der Waals surface area (Å²) in [6.45, 7) is 3.74. The van der Waals surface area contributed by atoms with Gasteiger partial charge in [0.05, 0.1) is 19.3 Å². The van der Waals surface area contributed by atoms with E-state index in [0.717, 1.165) is 11.4 Å². The first-order chi connectivity index (χ1) is 9.45. The van der Waals surface area contributed by atoms with Gasteiger partial charge in [0, 0.05) is 0 Å². The molecule has 0 bridgehead atoms. The number of hydrogen-bond donors (Lipinski definition) is 3. The molecule has 2 amide bonds. The Bertz CT molecular complexity index is 520.